The first kappa shape index (κ1) is 10.4. The molecule has 5 heteroatoms. The lowest BCUT2D eigenvalue weighted by Gasteiger charge is -2.04. The lowest BCUT2D eigenvalue weighted by molar-refractivity contribution is -0.385. The van der Waals surface area contributed by atoms with Gasteiger partial charge in [-0.1, -0.05) is 0 Å². The van der Waals surface area contributed by atoms with Crippen molar-refractivity contribution in [2.45, 2.75) is 12.8 Å². The van der Waals surface area contributed by atoms with Gasteiger partial charge < -0.3 is 4.74 Å². The van der Waals surface area contributed by atoms with Crippen LogP contribution in [0.25, 0.3) is 0 Å². The van der Waals surface area contributed by atoms with E-state index in [1.165, 1.54) is 31.0 Å². The second-order valence-corrected chi connectivity index (χ2v) is 3.80. The third kappa shape index (κ3) is 2.28. The highest BCUT2D eigenvalue weighted by Crippen LogP contribution is 2.30. The molecule has 1 aliphatic carbocycles. The van der Waals surface area contributed by atoms with Crippen LogP contribution in [-0.2, 0) is 0 Å². The van der Waals surface area contributed by atoms with Crippen molar-refractivity contribution in [1.29, 1.82) is 5.26 Å². The van der Waals surface area contributed by atoms with Crippen molar-refractivity contribution in [3.05, 3.63) is 33.9 Å². The van der Waals surface area contributed by atoms with Crippen LogP contribution in [0.5, 0.6) is 5.75 Å². The van der Waals surface area contributed by atoms with Gasteiger partial charge in [-0.05, 0) is 24.8 Å². The molecule has 1 aromatic carbocycles. The van der Waals surface area contributed by atoms with E-state index in [9.17, 15) is 10.1 Å². The summed E-state index contributed by atoms with van der Waals surface area (Å²) in [5.41, 5.74) is -0.139. The molecule has 0 aliphatic heterocycles. The molecule has 1 saturated carbocycles. The molecule has 2 rings (SSSR count). The quantitative estimate of drug-likeness (QED) is 0.573. The summed E-state index contributed by atoms with van der Waals surface area (Å²) < 4.78 is 5.43. The molecule has 82 valence electrons. The number of nitro benzene ring substituents is 1. The van der Waals surface area contributed by atoms with E-state index in [2.05, 4.69) is 0 Å². The van der Waals surface area contributed by atoms with E-state index in [1.807, 2.05) is 0 Å². The van der Waals surface area contributed by atoms with Crippen molar-refractivity contribution in [2.24, 2.45) is 5.92 Å². The smallest absolute Gasteiger partial charge is 0.287 e. The second kappa shape index (κ2) is 4.19. The van der Waals surface area contributed by atoms with Gasteiger partial charge in [0, 0.05) is 12.1 Å². The first-order valence-corrected chi connectivity index (χ1v) is 5.02. The zero-order valence-corrected chi connectivity index (χ0v) is 8.55. The fourth-order valence-electron chi connectivity index (χ4n) is 1.35. The molecule has 1 aliphatic rings. The predicted octanol–water partition coefficient (Wildman–Crippen LogP) is 2.26. The Morgan fingerprint density at radius 2 is 2.31 bits per heavy atom. The van der Waals surface area contributed by atoms with Crippen molar-refractivity contribution in [1.82, 2.24) is 0 Å². The molecule has 0 aromatic heterocycles. The third-order valence-electron chi connectivity index (χ3n) is 2.47. The van der Waals surface area contributed by atoms with Crippen molar-refractivity contribution in [3.63, 3.8) is 0 Å². The van der Waals surface area contributed by atoms with Crippen LogP contribution in [0.1, 0.15) is 18.4 Å². The summed E-state index contributed by atoms with van der Waals surface area (Å²) in [4.78, 5) is 10.0. The first-order valence-electron chi connectivity index (χ1n) is 5.02. The number of nitrogens with zero attached hydrogens (tertiary/aromatic N) is 2. The number of nitriles is 1. The Hall–Kier alpha value is -2.09. The van der Waals surface area contributed by atoms with E-state index >= 15 is 0 Å². The summed E-state index contributed by atoms with van der Waals surface area (Å²) in [5, 5.41) is 19.4. The lowest BCUT2D eigenvalue weighted by atomic mass is 10.2. The molecule has 0 spiro atoms. The van der Waals surface area contributed by atoms with Crippen LogP contribution in [0.2, 0.25) is 0 Å². The highest BCUT2D eigenvalue weighted by molar-refractivity contribution is 5.52. The molecular formula is C11H10N2O3. The molecule has 5 nitrogen and oxygen atoms in total. The molecule has 1 aromatic rings. The molecule has 0 N–H and O–H groups in total. The van der Waals surface area contributed by atoms with E-state index in [4.69, 9.17) is 10.00 Å². The molecule has 0 saturated heterocycles. The average Bonchev–Trinajstić information content (AvgIpc) is 3.09. The van der Waals surface area contributed by atoms with Crippen molar-refractivity contribution in [3.8, 4) is 11.8 Å². The number of rotatable bonds is 4. The molecule has 0 bridgehead atoms. The Bertz CT molecular complexity index is 461. The van der Waals surface area contributed by atoms with Crippen LogP contribution in [0.15, 0.2) is 18.2 Å². The van der Waals surface area contributed by atoms with E-state index in [0.717, 1.165) is 0 Å². The minimum atomic E-state index is -0.566. The normalized spacial score (nSPS) is 14.2. The van der Waals surface area contributed by atoms with Crippen LogP contribution in [0, 0.1) is 27.4 Å². The summed E-state index contributed by atoms with van der Waals surface area (Å²) in [6, 6.07) is 6.05. The van der Waals surface area contributed by atoms with Gasteiger partial charge in [-0.25, -0.2) is 0 Å². The molecule has 0 unspecified atom stereocenters. The Kier molecular flexibility index (Phi) is 2.73. The maximum atomic E-state index is 10.6. The van der Waals surface area contributed by atoms with Crippen LogP contribution >= 0.6 is 0 Å². The highest BCUT2D eigenvalue weighted by atomic mass is 16.6. The van der Waals surface area contributed by atoms with Crippen LogP contribution in [0.4, 0.5) is 5.69 Å². The maximum absolute atomic E-state index is 10.6. The molecule has 0 heterocycles. The summed E-state index contributed by atoms with van der Waals surface area (Å²) in [6.45, 7) is 0.628. The molecule has 0 radical (unpaired) electrons. The highest BCUT2D eigenvalue weighted by Gasteiger charge is 2.22. The van der Waals surface area contributed by atoms with Crippen molar-refractivity contribution < 1.29 is 9.66 Å². The van der Waals surface area contributed by atoms with Gasteiger partial charge in [0.1, 0.15) is 17.4 Å². The molecule has 0 atom stereocenters. The number of nitro groups is 1. The maximum Gasteiger partial charge on any atom is 0.287 e. The Morgan fingerprint density at radius 1 is 1.56 bits per heavy atom. The Balaban J connectivity index is 2.15. The van der Waals surface area contributed by atoms with Crippen molar-refractivity contribution >= 4 is 5.69 Å². The van der Waals surface area contributed by atoms with Gasteiger partial charge in [0.15, 0.2) is 0 Å². The summed E-state index contributed by atoms with van der Waals surface area (Å²) in [7, 11) is 0. The summed E-state index contributed by atoms with van der Waals surface area (Å²) >= 11 is 0. The molecule has 16 heavy (non-hydrogen) atoms. The van der Waals surface area contributed by atoms with Gasteiger partial charge >= 0.3 is 0 Å². The predicted molar refractivity (Wildman–Crippen MR) is 56.0 cm³/mol. The Morgan fingerprint density at radius 3 is 2.88 bits per heavy atom. The summed E-state index contributed by atoms with van der Waals surface area (Å²) in [5.74, 6) is 1.13. The first-order chi connectivity index (χ1) is 7.70. The number of ether oxygens (including phenoxy) is 1. The largest absolute Gasteiger partial charge is 0.493 e. The number of hydrogen-bond donors (Lipinski definition) is 0. The SMILES string of the molecule is N#Cc1cc(OCC2CC2)ccc1[N+](=O)[O-]. The van der Waals surface area contributed by atoms with E-state index in [0.29, 0.717) is 18.3 Å². The minimum Gasteiger partial charge on any atom is -0.493 e. The standard InChI is InChI=1S/C11H10N2O3/c12-6-9-5-10(16-7-8-1-2-8)3-4-11(9)13(14)15/h3-5,8H,1-2,7H2. The molecular weight excluding hydrogens is 208 g/mol. The van der Waals surface area contributed by atoms with E-state index < -0.39 is 4.92 Å². The van der Waals surface area contributed by atoms with E-state index in [-0.39, 0.29) is 11.3 Å². The fraction of sp³-hybridized carbons (Fsp3) is 0.364. The van der Waals surface area contributed by atoms with E-state index in [1.54, 1.807) is 6.07 Å². The van der Waals surface area contributed by atoms with Gasteiger partial charge in [0.2, 0.25) is 0 Å². The number of hydrogen-bond acceptors (Lipinski definition) is 4. The number of benzene rings is 1. The Labute approximate surface area is 92.4 Å². The van der Waals surface area contributed by atoms with Gasteiger partial charge in [-0.2, -0.15) is 5.26 Å². The lowest BCUT2D eigenvalue weighted by Crippen LogP contribution is -2.00. The van der Waals surface area contributed by atoms with Gasteiger partial charge in [0.05, 0.1) is 11.5 Å². The van der Waals surface area contributed by atoms with Gasteiger partial charge in [0.25, 0.3) is 5.69 Å². The van der Waals surface area contributed by atoms with Crippen LogP contribution < -0.4 is 4.74 Å². The zero-order chi connectivity index (χ0) is 11.5. The molecule has 0 amide bonds. The second-order valence-electron chi connectivity index (χ2n) is 3.80. The summed E-state index contributed by atoms with van der Waals surface area (Å²) in [6.07, 6.45) is 2.36. The zero-order valence-electron chi connectivity index (χ0n) is 8.55. The topological polar surface area (TPSA) is 76.2 Å². The monoisotopic (exact) mass is 218 g/mol. The molecule has 1 fully saturated rings. The van der Waals surface area contributed by atoms with Gasteiger partial charge in [-0.15, -0.1) is 0 Å². The van der Waals surface area contributed by atoms with Crippen LogP contribution in [0.3, 0.4) is 0 Å². The van der Waals surface area contributed by atoms with Gasteiger partial charge in [-0.3, -0.25) is 10.1 Å². The third-order valence-corrected chi connectivity index (χ3v) is 2.47. The average molecular weight is 218 g/mol. The van der Waals surface area contributed by atoms with Crippen LogP contribution in [-0.4, -0.2) is 11.5 Å². The fourth-order valence-corrected chi connectivity index (χ4v) is 1.35. The minimum absolute atomic E-state index is 0.0401. The van der Waals surface area contributed by atoms with Crippen molar-refractivity contribution in [2.75, 3.05) is 6.61 Å².